The van der Waals surface area contributed by atoms with E-state index in [2.05, 4.69) is 51.0 Å². The van der Waals surface area contributed by atoms with Gasteiger partial charge in [0.2, 0.25) is 0 Å². The van der Waals surface area contributed by atoms with Crippen LogP contribution in [-0.4, -0.2) is 62.1 Å². The minimum Gasteiger partial charge on any atom is -0.381 e. The van der Waals surface area contributed by atoms with Gasteiger partial charge in [0.15, 0.2) is 11.5 Å². The minimum absolute atomic E-state index is 0.0894. The van der Waals surface area contributed by atoms with E-state index in [1.165, 1.54) is 10.7 Å². The Balaban J connectivity index is 1.57. The van der Waals surface area contributed by atoms with Crippen molar-refractivity contribution < 1.29 is 4.79 Å². The molecule has 0 aliphatic carbocycles. The first kappa shape index (κ1) is 20.4. The Bertz CT molecular complexity index is 1080. The predicted octanol–water partition coefficient (Wildman–Crippen LogP) is 2.53. The lowest BCUT2D eigenvalue weighted by Gasteiger charge is -2.43. The third kappa shape index (κ3) is 3.90. The normalized spacial score (nSPS) is 15.5. The third-order valence-corrected chi connectivity index (χ3v) is 5.51. The summed E-state index contributed by atoms with van der Waals surface area (Å²) in [7, 11) is 0. The van der Waals surface area contributed by atoms with E-state index >= 15 is 0 Å². The Morgan fingerprint density at radius 3 is 2.63 bits per heavy atom. The van der Waals surface area contributed by atoms with Crippen LogP contribution in [0.3, 0.4) is 0 Å². The van der Waals surface area contributed by atoms with Crippen LogP contribution in [0.1, 0.15) is 31.1 Å². The molecular weight excluding hydrogens is 404 g/mol. The molecule has 1 aliphatic rings. The van der Waals surface area contributed by atoms with Gasteiger partial charge >= 0.3 is 0 Å². The number of carbonyl (C=O) groups excluding carboxylic acids is 1. The molecule has 0 aromatic carbocycles. The van der Waals surface area contributed by atoms with Crippen molar-refractivity contribution in [3.63, 3.8) is 0 Å². The van der Waals surface area contributed by atoms with Crippen LogP contribution in [0.4, 0.5) is 17.2 Å². The molecule has 1 aliphatic heterocycles. The highest BCUT2D eigenvalue weighted by molar-refractivity contribution is 6.30. The molecular formula is C20H25ClN8O. The molecule has 158 valence electrons. The fourth-order valence-corrected chi connectivity index (χ4v) is 3.85. The van der Waals surface area contributed by atoms with E-state index in [0.29, 0.717) is 16.4 Å². The van der Waals surface area contributed by atoms with Crippen LogP contribution in [0, 0.1) is 0 Å². The lowest BCUT2D eigenvalue weighted by atomic mass is 10.0. The SMILES string of the molecule is CC(C)(C)N1CCN(c2ccncc2NC(=O)c2c(N)nn3cc(Cl)cnc23)CC1. The van der Waals surface area contributed by atoms with Crippen molar-refractivity contribution in [2.24, 2.45) is 0 Å². The number of anilines is 3. The summed E-state index contributed by atoms with van der Waals surface area (Å²) in [6.45, 7) is 10.3. The number of piperazine rings is 1. The molecule has 4 rings (SSSR count). The van der Waals surface area contributed by atoms with Gasteiger partial charge in [-0.05, 0) is 26.8 Å². The first-order valence-electron chi connectivity index (χ1n) is 9.79. The highest BCUT2D eigenvalue weighted by Gasteiger charge is 2.27. The second-order valence-electron chi connectivity index (χ2n) is 8.29. The van der Waals surface area contributed by atoms with E-state index in [1.807, 2.05) is 6.07 Å². The fraction of sp³-hybridized carbons (Fsp3) is 0.400. The van der Waals surface area contributed by atoms with Gasteiger partial charge in [-0.25, -0.2) is 9.50 Å². The Morgan fingerprint density at radius 2 is 1.93 bits per heavy atom. The van der Waals surface area contributed by atoms with Gasteiger partial charge < -0.3 is 16.0 Å². The number of pyridine rings is 1. The average molecular weight is 429 g/mol. The van der Waals surface area contributed by atoms with Crippen LogP contribution >= 0.6 is 11.6 Å². The topological polar surface area (TPSA) is 105 Å². The quantitative estimate of drug-likeness (QED) is 0.660. The van der Waals surface area contributed by atoms with Crippen molar-refractivity contribution in [3.05, 3.63) is 41.4 Å². The van der Waals surface area contributed by atoms with Gasteiger partial charge in [0, 0.05) is 44.1 Å². The van der Waals surface area contributed by atoms with Crippen molar-refractivity contribution in [3.8, 4) is 0 Å². The molecule has 1 amide bonds. The summed E-state index contributed by atoms with van der Waals surface area (Å²) in [4.78, 5) is 26.2. The van der Waals surface area contributed by atoms with E-state index in [9.17, 15) is 4.79 Å². The van der Waals surface area contributed by atoms with Crippen LogP contribution in [0.25, 0.3) is 5.65 Å². The molecule has 4 heterocycles. The standard InChI is InChI=1S/C20H25ClN8O/c1-20(2,3)28-8-6-27(7-9-28)15-4-5-23-11-14(15)25-19(30)16-17(22)26-29-12-13(21)10-24-18(16)29/h4-5,10-12H,6-9H2,1-3H3,(H2,22,26)(H,25,30). The van der Waals surface area contributed by atoms with Crippen LogP contribution in [-0.2, 0) is 0 Å². The molecule has 0 atom stereocenters. The summed E-state index contributed by atoms with van der Waals surface area (Å²) in [5.74, 6) is -0.300. The second kappa shape index (κ2) is 7.73. The first-order valence-corrected chi connectivity index (χ1v) is 10.2. The molecule has 0 saturated carbocycles. The van der Waals surface area contributed by atoms with E-state index in [-0.39, 0.29) is 22.8 Å². The predicted molar refractivity (Wildman–Crippen MR) is 118 cm³/mol. The number of amides is 1. The highest BCUT2D eigenvalue weighted by atomic mass is 35.5. The van der Waals surface area contributed by atoms with Gasteiger partial charge in [0.1, 0.15) is 5.56 Å². The summed E-state index contributed by atoms with van der Waals surface area (Å²) < 4.78 is 1.41. The van der Waals surface area contributed by atoms with E-state index in [4.69, 9.17) is 17.3 Å². The lowest BCUT2D eigenvalue weighted by Crippen LogP contribution is -2.53. The number of nitrogens with zero attached hydrogens (tertiary/aromatic N) is 6. The monoisotopic (exact) mass is 428 g/mol. The van der Waals surface area contributed by atoms with Crippen molar-refractivity contribution in [1.29, 1.82) is 0 Å². The summed E-state index contributed by atoms with van der Waals surface area (Å²) in [6, 6.07) is 1.92. The fourth-order valence-electron chi connectivity index (χ4n) is 3.71. The molecule has 10 heteroatoms. The van der Waals surface area contributed by atoms with E-state index in [0.717, 1.165) is 31.9 Å². The summed E-state index contributed by atoms with van der Waals surface area (Å²) in [6.07, 6.45) is 6.39. The zero-order valence-electron chi connectivity index (χ0n) is 17.3. The third-order valence-electron chi connectivity index (χ3n) is 5.31. The first-order chi connectivity index (χ1) is 14.2. The van der Waals surface area contributed by atoms with Gasteiger partial charge in [0.05, 0.1) is 28.8 Å². The van der Waals surface area contributed by atoms with Gasteiger partial charge in [-0.3, -0.25) is 14.7 Å². The number of hydrogen-bond acceptors (Lipinski definition) is 7. The summed E-state index contributed by atoms with van der Waals surface area (Å²) in [5.41, 5.74) is 8.23. The van der Waals surface area contributed by atoms with Crippen LogP contribution in [0.5, 0.6) is 0 Å². The maximum absolute atomic E-state index is 13.0. The Hall–Kier alpha value is -2.91. The van der Waals surface area contributed by atoms with Crippen LogP contribution in [0.15, 0.2) is 30.9 Å². The zero-order valence-corrected chi connectivity index (χ0v) is 18.0. The molecule has 3 aromatic rings. The Morgan fingerprint density at radius 1 is 1.20 bits per heavy atom. The molecule has 3 N–H and O–H groups in total. The zero-order chi connectivity index (χ0) is 21.5. The molecule has 9 nitrogen and oxygen atoms in total. The maximum atomic E-state index is 13.0. The molecule has 1 fully saturated rings. The number of nitrogens with one attached hydrogen (secondary N) is 1. The van der Waals surface area contributed by atoms with E-state index in [1.54, 1.807) is 18.6 Å². The molecule has 30 heavy (non-hydrogen) atoms. The van der Waals surface area contributed by atoms with Crippen molar-refractivity contribution in [1.82, 2.24) is 24.5 Å². The molecule has 0 spiro atoms. The molecule has 0 unspecified atom stereocenters. The van der Waals surface area contributed by atoms with Gasteiger partial charge in [-0.2, -0.15) is 0 Å². The Labute approximate surface area is 179 Å². The van der Waals surface area contributed by atoms with Crippen LogP contribution in [0.2, 0.25) is 5.02 Å². The molecule has 3 aromatic heterocycles. The number of fused-ring (bicyclic) bond motifs is 1. The number of carbonyl (C=O) groups is 1. The van der Waals surface area contributed by atoms with Gasteiger partial charge in [-0.15, -0.1) is 5.10 Å². The smallest absolute Gasteiger partial charge is 0.263 e. The number of hydrogen-bond donors (Lipinski definition) is 2. The maximum Gasteiger partial charge on any atom is 0.263 e. The van der Waals surface area contributed by atoms with Gasteiger partial charge in [-0.1, -0.05) is 11.6 Å². The van der Waals surface area contributed by atoms with Crippen molar-refractivity contribution >= 4 is 40.3 Å². The van der Waals surface area contributed by atoms with Crippen molar-refractivity contribution in [2.45, 2.75) is 26.3 Å². The van der Waals surface area contributed by atoms with Crippen LogP contribution < -0.4 is 16.0 Å². The van der Waals surface area contributed by atoms with E-state index < -0.39 is 0 Å². The average Bonchev–Trinajstić information content (AvgIpc) is 3.02. The number of nitrogen functional groups attached to an aromatic ring is 1. The highest BCUT2D eigenvalue weighted by Crippen LogP contribution is 2.28. The molecule has 0 radical (unpaired) electrons. The minimum atomic E-state index is -0.389. The summed E-state index contributed by atoms with van der Waals surface area (Å²) >= 11 is 5.95. The molecule has 0 bridgehead atoms. The number of rotatable bonds is 3. The second-order valence-corrected chi connectivity index (χ2v) is 8.73. The Kier molecular flexibility index (Phi) is 5.25. The van der Waals surface area contributed by atoms with Gasteiger partial charge in [0.25, 0.3) is 5.91 Å². The number of halogens is 1. The number of nitrogens with two attached hydrogens (primary N) is 1. The van der Waals surface area contributed by atoms with Crippen molar-refractivity contribution in [2.75, 3.05) is 42.1 Å². The molecule has 1 saturated heterocycles. The largest absolute Gasteiger partial charge is 0.381 e. The summed E-state index contributed by atoms with van der Waals surface area (Å²) in [5, 5.41) is 7.48. The lowest BCUT2D eigenvalue weighted by molar-refractivity contribution is 0.102. The number of aromatic nitrogens is 4.